The summed E-state index contributed by atoms with van der Waals surface area (Å²) < 4.78 is 0.847. The van der Waals surface area contributed by atoms with Gasteiger partial charge >= 0.3 is 0 Å². The van der Waals surface area contributed by atoms with Gasteiger partial charge in [-0.15, -0.1) is 0 Å². The summed E-state index contributed by atoms with van der Waals surface area (Å²) in [7, 11) is 6.44. The van der Waals surface area contributed by atoms with E-state index in [9.17, 15) is 0 Å². The van der Waals surface area contributed by atoms with E-state index in [1.807, 2.05) is 0 Å². The highest BCUT2D eigenvalue weighted by Crippen LogP contribution is 2.19. The van der Waals surface area contributed by atoms with Gasteiger partial charge in [0.2, 0.25) is 0 Å². The van der Waals surface area contributed by atoms with Crippen LogP contribution in [0.5, 0.6) is 0 Å². The number of hydrogen-bond acceptors (Lipinski definition) is 1. The van der Waals surface area contributed by atoms with E-state index in [2.05, 4.69) is 35.0 Å². The van der Waals surface area contributed by atoms with Crippen molar-refractivity contribution in [3.63, 3.8) is 0 Å². The summed E-state index contributed by atoms with van der Waals surface area (Å²) in [5.74, 6) is 0. The van der Waals surface area contributed by atoms with Gasteiger partial charge in [0.15, 0.2) is 0 Å². The molecule has 0 radical (unpaired) electrons. The lowest BCUT2D eigenvalue weighted by Crippen LogP contribution is -2.62. The summed E-state index contributed by atoms with van der Waals surface area (Å²) in [6.07, 6.45) is 2.07. The Bertz CT molecular complexity index is 98.3. The summed E-state index contributed by atoms with van der Waals surface area (Å²) in [4.78, 5) is 0. The number of hydrogen-bond donors (Lipinski definition) is 1. The molecule has 0 saturated heterocycles. The molecule has 0 spiro atoms. The zero-order chi connectivity index (χ0) is 8.41. The van der Waals surface area contributed by atoms with Gasteiger partial charge in [0.25, 0.3) is 0 Å². The van der Waals surface area contributed by atoms with Crippen LogP contribution in [0.3, 0.4) is 0 Å². The summed E-state index contributed by atoms with van der Waals surface area (Å²) >= 11 is 0. The third-order valence-electron chi connectivity index (χ3n) is 2.56. The van der Waals surface area contributed by atoms with Gasteiger partial charge in [-0.3, -0.25) is 5.73 Å². The Hall–Kier alpha value is -0.0800. The smallest absolute Gasteiger partial charge is 0.149 e. The standard InChI is InChI=1S/C8H21N2/c1-6-8(9,7-2)10(3,4)5/h6-7,9H2,1-5H3/q+1. The maximum Gasteiger partial charge on any atom is 0.149 e. The second-order valence-corrected chi connectivity index (χ2v) is 3.82. The van der Waals surface area contributed by atoms with E-state index in [4.69, 9.17) is 5.73 Å². The van der Waals surface area contributed by atoms with Crippen LogP contribution in [-0.4, -0.2) is 31.3 Å². The van der Waals surface area contributed by atoms with E-state index in [-0.39, 0.29) is 5.66 Å². The molecule has 0 aliphatic carbocycles. The molecule has 2 nitrogen and oxygen atoms in total. The molecule has 62 valence electrons. The molecule has 0 amide bonds. The van der Waals surface area contributed by atoms with Crippen LogP contribution in [0, 0.1) is 0 Å². The van der Waals surface area contributed by atoms with Gasteiger partial charge in [-0.05, 0) is 0 Å². The molecule has 0 aliphatic heterocycles. The lowest BCUT2D eigenvalue weighted by molar-refractivity contribution is -0.924. The van der Waals surface area contributed by atoms with Gasteiger partial charge in [-0.25, -0.2) is 0 Å². The fourth-order valence-corrected chi connectivity index (χ4v) is 1.20. The average molecular weight is 145 g/mol. The summed E-state index contributed by atoms with van der Waals surface area (Å²) in [5.41, 5.74) is 6.10. The normalized spacial score (nSPS) is 13.8. The molecule has 0 aromatic heterocycles. The van der Waals surface area contributed by atoms with Gasteiger partial charge in [-0.2, -0.15) is 0 Å². The van der Waals surface area contributed by atoms with E-state index in [1.165, 1.54) is 0 Å². The molecule has 0 aliphatic rings. The SMILES string of the molecule is CCC(N)(CC)[N+](C)(C)C. The predicted molar refractivity (Wildman–Crippen MR) is 45.5 cm³/mol. The first-order valence-electron chi connectivity index (χ1n) is 3.98. The molecule has 0 aromatic carbocycles. The average Bonchev–Trinajstić information content (AvgIpc) is 1.84. The topological polar surface area (TPSA) is 26.0 Å². The minimum atomic E-state index is -0.0417. The zero-order valence-electron chi connectivity index (χ0n) is 7.94. The molecule has 0 rings (SSSR count). The van der Waals surface area contributed by atoms with Crippen molar-refractivity contribution >= 4 is 0 Å². The molecule has 0 unspecified atom stereocenters. The first-order chi connectivity index (χ1) is 4.37. The molecule has 0 heterocycles. The van der Waals surface area contributed by atoms with Crippen LogP contribution in [0.25, 0.3) is 0 Å². The Labute approximate surface area is 64.6 Å². The van der Waals surface area contributed by atoms with E-state index < -0.39 is 0 Å². The molecular weight excluding hydrogens is 124 g/mol. The minimum Gasteiger partial charge on any atom is -0.314 e. The third-order valence-corrected chi connectivity index (χ3v) is 2.56. The Morgan fingerprint density at radius 1 is 1.10 bits per heavy atom. The Balaban J connectivity index is 4.33. The fourth-order valence-electron chi connectivity index (χ4n) is 1.20. The van der Waals surface area contributed by atoms with Crippen molar-refractivity contribution < 1.29 is 4.48 Å². The Morgan fingerprint density at radius 3 is 1.40 bits per heavy atom. The van der Waals surface area contributed by atoms with Gasteiger partial charge in [-0.1, -0.05) is 13.8 Å². The maximum atomic E-state index is 6.15. The lowest BCUT2D eigenvalue weighted by Gasteiger charge is -2.42. The van der Waals surface area contributed by atoms with Gasteiger partial charge in [0, 0.05) is 12.8 Å². The van der Waals surface area contributed by atoms with Crippen molar-refractivity contribution in [3.05, 3.63) is 0 Å². The van der Waals surface area contributed by atoms with Crippen LogP contribution in [0.15, 0.2) is 0 Å². The molecule has 0 fully saturated rings. The van der Waals surface area contributed by atoms with Crippen molar-refractivity contribution in [3.8, 4) is 0 Å². The van der Waals surface area contributed by atoms with E-state index >= 15 is 0 Å². The van der Waals surface area contributed by atoms with E-state index in [0.29, 0.717) is 0 Å². The Morgan fingerprint density at radius 2 is 1.40 bits per heavy atom. The van der Waals surface area contributed by atoms with Crippen LogP contribution in [0.4, 0.5) is 0 Å². The van der Waals surface area contributed by atoms with Gasteiger partial charge < -0.3 is 4.48 Å². The van der Waals surface area contributed by atoms with Gasteiger partial charge in [0.05, 0.1) is 21.1 Å². The van der Waals surface area contributed by atoms with Crippen LogP contribution < -0.4 is 5.73 Å². The second-order valence-electron chi connectivity index (χ2n) is 3.82. The maximum absolute atomic E-state index is 6.15. The molecule has 2 heteroatoms. The highest BCUT2D eigenvalue weighted by molar-refractivity contribution is 4.67. The number of quaternary nitrogens is 1. The van der Waals surface area contributed by atoms with Crippen LogP contribution in [0.2, 0.25) is 0 Å². The molecule has 10 heavy (non-hydrogen) atoms. The van der Waals surface area contributed by atoms with Crippen molar-refractivity contribution in [1.29, 1.82) is 0 Å². The first-order valence-corrected chi connectivity index (χ1v) is 3.98. The van der Waals surface area contributed by atoms with Crippen molar-refractivity contribution in [2.75, 3.05) is 21.1 Å². The van der Waals surface area contributed by atoms with Gasteiger partial charge in [0.1, 0.15) is 5.66 Å². The van der Waals surface area contributed by atoms with Crippen molar-refractivity contribution in [2.45, 2.75) is 32.4 Å². The lowest BCUT2D eigenvalue weighted by atomic mass is 10.0. The highest BCUT2D eigenvalue weighted by Gasteiger charge is 2.34. The number of nitrogens with zero attached hydrogens (tertiary/aromatic N) is 1. The van der Waals surface area contributed by atoms with E-state index in [0.717, 1.165) is 17.3 Å². The van der Waals surface area contributed by atoms with E-state index in [1.54, 1.807) is 0 Å². The minimum absolute atomic E-state index is 0.0417. The van der Waals surface area contributed by atoms with Crippen LogP contribution >= 0.6 is 0 Å². The zero-order valence-corrected chi connectivity index (χ0v) is 7.94. The third kappa shape index (κ3) is 1.70. The first kappa shape index (κ1) is 9.92. The van der Waals surface area contributed by atoms with Crippen LogP contribution in [-0.2, 0) is 0 Å². The fraction of sp³-hybridized carbons (Fsp3) is 1.00. The predicted octanol–water partition coefficient (Wildman–Crippen LogP) is 1.17. The van der Waals surface area contributed by atoms with Crippen molar-refractivity contribution in [2.24, 2.45) is 5.73 Å². The number of rotatable bonds is 3. The quantitative estimate of drug-likeness (QED) is 0.468. The summed E-state index contributed by atoms with van der Waals surface area (Å²) in [5, 5.41) is 0. The second kappa shape index (κ2) is 2.89. The van der Waals surface area contributed by atoms with Crippen LogP contribution in [0.1, 0.15) is 26.7 Å². The van der Waals surface area contributed by atoms with Crippen molar-refractivity contribution in [1.82, 2.24) is 0 Å². The monoisotopic (exact) mass is 145 g/mol. The molecule has 0 bridgehead atoms. The summed E-state index contributed by atoms with van der Waals surface area (Å²) in [6, 6.07) is 0. The summed E-state index contributed by atoms with van der Waals surface area (Å²) in [6.45, 7) is 4.29. The molecule has 0 saturated carbocycles. The molecule has 0 atom stereocenters. The molecular formula is C8H21N2+. The molecule has 0 aromatic rings. The molecule has 2 N–H and O–H groups in total. The largest absolute Gasteiger partial charge is 0.314 e. The Kier molecular flexibility index (Phi) is 2.86. The highest BCUT2D eigenvalue weighted by atomic mass is 15.4. The number of nitrogens with two attached hydrogens (primary N) is 1.